The SMILES string of the molecule is Cl.Cl.Cl.N=C(N)CCCCCCCCNCCCCOc1ccc(C(=N)N)cc1. The first-order valence-corrected chi connectivity index (χ1v) is 9.70. The molecule has 1 rings (SSSR count). The van der Waals surface area contributed by atoms with E-state index in [0.717, 1.165) is 50.1 Å². The Balaban J connectivity index is -0.00000225. The predicted molar refractivity (Wildman–Crippen MR) is 131 cm³/mol. The van der Waals surface area contributed by atoms with Crippen molar-refractivity contribution in [2.24, 2.45) is 11.5 Å². The van der Waals surface area contributed by atoms with Gasteiger partial charge in [0, 0.05) is 12.0 Å². The second kappa shape index (κ2) is 21.5. The Morgan fingerprint density at radius 2 is 1.28 bits per heavy atom. The molecule has 9 heteroatoms. The van der Waals surface area contributed by atoms with Crippen LogP contribution in [0, 0.1) is 10.8 Å². The number of ether oxygens (including phenoxy) is 1. The van der Waals surface area contributed by atoms with Gasteiger partial charge in [0.2, 0.25) is 0 Å². The van der Waals surface area contributed by atoms with E-state index in [1.165, 1.54) is 32.1 Å². The number of benzene rings is 1. The van der Waals surface area contributed by atoms with E-state index in [-0.39, 0.29) is 43.1 Å². The van der Waals surface area contributed by atoms with Crippen molar-refractivity contribution in [2.45, 2.75) is 57.8 Å². The average Bonchev–Trinajstić information content (AvgIpc) is 2.62. The third-order valence-corrected chi connectivity index (χ3v) is 4.23. The molecule has 7 N–H and O–H groups in total. The van der Waals surface area contributed by atoms with E-state index in [4.69, 9.17) is 27.0 Å². The third kappa shape index (κ3) is 18.6. The van der Waals surface area contributed by atoms with Gasteiger partial charge in [0.25, 0.3) is 0 Å². The van der Waals surface area contributed by atoms with Gasteiger partial charge in [0.05, 0.1) is 12.4 Å². The van der Waals surface area contributed by atoms with Crippen LogP contribution in [0.3, 0.4) is 0 Å². The van der Waals surface area contributed by atoms with Gasteiger partial charge >= 0.3 is 0 Å². The number of rotatable bonds is 16. The first-order chi connectivity index (χ1) is 12.6. The molecule has 0 spiro atoms. The Morgan fingerprint density at radius 1 is 0.759 bits per heavy atom. The molecule has 0 atom stereocenters. The van der Waals surface area contributed by atoms with Gasteiger partial charge < -0.3 is 21.5 Å². The number of nitrogens with one attached hydrogen (secondary N) is 3. The summed E-state index contributed by atoms with van der Waals surface area (Å²) in [5.41, 5.74) is 11.5. The van der Waals surface area contributed by atoms with Crippen LogP contribution in [0.1, 0.15) is 63.4 Å². The maximum Gasteiger partial charge on any atom is 0.122 e. The fourth-order valence-corrected chi connectivity index (χ4v) is 2.67. The molecular weight excluding hydrogens is 433 g/mol. The molecule has 0 radical (unpaired) electrons. The zero-order valence-corrected chi connectivity index (χ0v) is 19.5. The smallest absolute Gasteiger partial charge is 0.122 e. The van der Waals surface area contributed by atoms with Crippen LogP contribution in [-0.4, -0.2) is 31.4 Å². The summed E-state index contributed by atoms with van der Waals surface area (Å²) in [5, 5.41) is 18.0. The largest absolute Gasteiger partial charge is 0.494 e. The van der Waals surface area contributed by atoms with Crippen LogP contribution < -0.4 is 21.5 Å². The topological polar surface area (TPSA) is 121 Å². The summed E-state index contributed by atoms with van der Waals surface area (Å²) in [7, 11) is 0. The molecule has 0 saturated carbocycles. The first-order valence-electron chi connectivity index (χ1n) is 9.70. The van der Waals surface area contributed by atoms with Crippen molar-refractivity contribution in [3.05, 3.63) is 29.8 Å². The monoisotopic (exact) mass is 469 g/mol. The summed E-state index contributed by atoms with van der Waals surface area (Å²) >= 11 is 0. The van der Waals surface area contributed by atoms with Crippen LogP contribution in [0.15, 0.2) is 24.3 Å². The highest BCUT2D eigenvalue weighted by atomic mass is 35.5. The van der Waals surface area contributed by atoms with Crippen LogP contribution >= 0.6 is 37.2 Å². The van der Waals surface area contributed by atoms with Gasteiger partial charge in [0.15, 0.2) is 0 Å². The lowest BCUT2D eigenvalue weighted by atomic mass is 10.1. The predicted octanol–water partition coefficient (Wildman–Crippen LogP) is 4.65. The minimum absolute atomic E-state index is 0. The minimum atomic E-state index is 0. The van der Waals surface area contributed by atoms with Crippen LogP contribution in [-0.2, 0) is 0 Å². The van der Waals surface area contributed by atoms with E-state index in [0.29, 0.717) is 12.4 Å². The van der Waals surface area contributed by atoms with Crippen molar-refractivity contribution in [2.75, 3.05) is 19.7 Å². The van der Waals surface area contributed by atoms with Gasteiger partial charge in [-0.3, -0.25) is 10.8 Å². The summed E-state index contributed by atoms with van der Waals surface area (Å²) in [5.74, 6) is 1.22. The van der Waals surface area contributed by atoms with E-state index in [2.05, 4.69) is 5.32 Å². The standard InChI is InChI=1S/C20H35N5O.3ClH/c21-19(22)9-5-3-1-2-4-6-14-25-15-7-8-16-26-18-12-10-17(11-13-18)20(23)24;;;/h10-13,25H,1-9,14-16H2,(H3,21,22)(H3,23,24);3*1H. The van der Waals surface area contributed by atoms with Gasteiger partial charge in [-0.05, 0) is 63.0 Å². The zero-order chi connectivity index (χ0) is 19.0. The second-order valence-electron chi connectivity index (χ2n) is 6.64. The molecule has 6 nitrogen and oxygen atoms in total. The molecular formula is C20H38Cl3N5O. The lowest BCUT2D eigenvalue weighted by Gasteiger charge is -2.08. The molecule has 0 aromatic heterocycles. The van der Waals surface area contributed by atoms with Crippen molar-refractivity contribution < 1.29 is 4.74 Å². The highest BCUT2D eigenvalue weighted by Gasteiger charge is 1.98. The van der Waals surface area contributed by atoms with Gasteiger partial charge in [0.1, 0.15) is 11.6 Å². The molecule has 0 fully saturated rings. The molecule has 0 aliphatic rings. The molecule has 1 aromatic rings. The summed E-state index contributed by atoms with van der Waals surface area (Å²) in [6, 6.07) is 7.33. The number of amidine groups is 2. The molecule has 0 aliphatic carbocycles. The zero-order valence-electron chi connectivity index (χ0n) is 17.1. The van der Waals surface area contributed by atoms with Crippen LogP contribution in [0.5, 0.6) is 5.75 Å². The van der Waals surface area contributed by atoms with Crippen LogP contribution in [0.25, 0.3) is 0 Å². The van der Waals surface area contributed by atoms with Crippen molar-refractivity contribution in [1.29, 1.82) is 10.8 Å². The highest BCUT2D eigenvalue weighted by Crippen LogP contribution is 2.12. The normalized spacial score (nSPS) is 9.52. The Morgan fingerprint density at radius 3 is 1.83 bits per heavy atom. The number of hydrogen-bond donors (Lipinski definition) is 5. The van der Waals surface area contributed by atoms with Gasteiger partial charge in [-0.1, -0.05) is 25.7 Å². The van der Waals surface area contributed by atoms with E-state index in [1.54, 1.807) is 0 Å². The van der Waals surface area contributed by atoms with Crippen molar-refractivity contribution in [3.63, 3.8) is 0 Å². The van der Waals surface area contributed by atoms with E-state index >= 15 is 0 Å². The van der Waals surface area contributed by atoms with E-state index in [9.17, 15) is 0 Å². The second-order valence-corrected chi connectivity index (χ2v) is 6.64. The molecule has 0 amide bonds. The van der Waals surface area contributed by atoms with Gasteiger partial charge in [-0.25, -0.2) is 0 Å². The Hall–Kier alpha value is -1.21. The quantitative estimate of drug-likeness (QED) is 0.137. The number of hydrogen-bond acceptors (Lipinski definition) is 4. The van der Waals surface area contributed by atoms with Crippen LogP contribution in [0.4, 0.5) is 0 Å². The number of unbranched alkanes of at least 4 members (excludes halogenated alkanes) is 6. The van der Waals surface area contributed by atoms with Crippen molar-refractivity contribution in [3.8, 4) is 5.75 Å². The summed E-state index contributed by atoms with van der Waals surface area (Å²) in [4.78, 5) is 0. The number of nitrogens with two attached hydrogens (primary N) is 2. The van der Waals surface area contributed by atoms with Crippen LogP contribution in [0.2, 0.25) is 0 Å². The summed E-state index contributed by atoms with van der Waals surface area (Å²) in [6.45, 7) is 2.83. The molecule has 1 aromatic carbocycles. The molecule has 0 heterocycles. The lowest BCUT2D eigenvalue weighted by molar-refractivity contribution is 0.305. The molecule has 170 valence electrons. The van der Waals surface area contributed by atoms with E-state index in [1.807, 2.05) is 24.3 Å². The molecule has 0 unspecified atom stereocenters. The summed E-state index contributed by atoms with van der Waals surface area (Å²) < 4.78 is 5.69. The van der Waals surface area contributed by atoms with Gasteiger partial charge in [-0.2, -0.15) is 0 Å². The minimum Gasteiger partial charge on any atom is -0.494 e. The lowest BCUT2D eigenvalue weighted by Crippen LogP contribution is -2.17. The Bertz CT molecular complexity index is 529. The molecule has 0 aliphatic heterocycles. The fraction of sp³-hybridized carbons (Fsp3) is 0.600. The third-order valence-electron chi connectivity index (χ3n) is 4.23. The molecule has 29 heavy (non-hydrogen) atoms. The number of nitrogen functional groups attached to an aromatic ring is 1. The Kier molecular flexibility index (Phi) is 24.1. The molecule has 0 bridgehead atoms. The maximum atomic E-state index is 7.35. The Labute approximate surface area is 194 Å². The highest BCUT2D eigenvalue weighted by molar-refractivity contribution is 5.94. The average molecular weight is 471 g/mol. The summed E-state index contributed by atoms with van der Waals surface area (Å²) in [6.07, 6.45) is 10.1. The van der Waals surface area contributed by atoms with Crippen molar-refractivity contribution in [1.82, 2.24) is 5.32 Å². The maximum absolute atomic E-state index is 7.35. The molecule has 0 saturated heterocycles. The number of halogens is 3. The first kappa shape index (κ1) is 32.5. The van der Waals surface area contributed by atoms with Crippen molar-refractivity contribution >= 4 is 48.9 Å². The van der Waals surface area contributed by atoms with Gasteiger partial charge in [-0.15, -0.1) is 37.2 Å². The fourth-order valence-electron chi connectivity index (χ4n) is 2.67. The van der Waals surface area contributed by atoms with E-state index < -0.39 is 0 Å².